The molecular formula is C20H21NO4S2. The van der Waals surface area contributed by atoms with Crippen LogP contribution < -0.4 is 0 Å². The molecule has 3 rings (SSSR count). The number of hydrogen-bond acceptors (Lipinski definition) is 6. The molecule has 142 valence electrons. The number of ether oxygens (including phenoxy) is 2. The van der Waals surface area contributed by atoms with Crippen molar-refractivity contribution >= 4 is 35.1 Å². The number of aryl methyl sites for hydroxylation is 2. The smallest absolute Gasteiger partial charge is 0.348 e. The number of esters is 1. The SMILES string of the molecule is [C-]#[N+]C1(CC(C)C)c2sc(COC=O)cc2CCc2cc(C(=O)OC)sc21. The van der Waals surface area contributed by atoms with Gasteiger partial charge in [0.2, 0.25) is 0 Å². The van der Waals surface area contributed by atoms with Gasteiger partial charge in [-0.25, -0.2) is 11.4 Å². The van der Waals surface area contributed by atoms with E-state index in [1.807, 2.05) is 6.07 Å². The maximum atomic E-state index is 12.1. The molecule has 1 unspecified atom stereocenters. The van der Waals surface area contributed by atoms with E-state index in [0.29, 0.717) is 23.7 Å². The van der Waals surface area contributed by atoms with Gasteiger partial charge in [-0.15, -0.1) is 22.7 Å². The molecule has 0 aliphatic heterocycles. The lowest BCUT2D eigenvalue weighted by atomic mass is 9.85. The van der Waals surface area contributed by atoms with Crippen LogP contribution in [0.2, 0.25) is 0 Å². The highest BCUT2D eigenvalue weighted by Crippen LogP contribution is 2.51. The molecule has 0 radical (unpaired) electrons. The zero-order valence-corrected chi connectivity index (χ0v) is 17.2. The fourth-order valence-corrected chi connectivity index (χ4v) is 6.30. The number of methoxy groups -OCH3 is 1. The third kappa shape index (κ3) is 3.52. The topological polar surface area (TPSA) is 57.0 Å². The first kappa shape index (κ1) is 19.6. The molecule has 5 nitrogen and oxygen atoms in total. The predicted molar refractivity (Wildman–Crippen MR) is 105 cm³/mol. The van der Waals surface area contributed by atoms with Crippen molar-refractivity contribution in [1.29, 1.82) is 0 Å². The number of rotatable bonds is 6. The molecule has 0 spiro atoms. The molecule has 1 aliphatic rings. The van der Waals surface area contributed by atoms with Crippen molar-refractivity contribution in [2.75, 3.05) is 7.11 Å². The lowest BCUT2D eigenvalue weighted by Crippen LogP contribution is -2.24. The summed E-state index contributed by atoms with van der Waals surface area (Å²) in [5.74, 6) is -0.0543. The fourth-order valence-electron chi connectivity index (χ4n) is 3.67. The van der Waals surface area contributed by atoms with Crippen molar-refractivity contribution in [3.05, 3.63) is 54.2 Å². The van der Waals surface area contributed by atoms with Gasteiger partial charge in [-0.3, -0.25) is 9.64 Å². The second-order valence-corrected chi connectivity index (χ2v) is 9.19. The molecule has 0 bridgehead atoms. The van der Waals surface area contributed by atoms with Gasteiger partial charge < -0.3 is 9.47 Å². The molecular weight excluding hydrogens is 382 g/mol. The van der Waals surface area contributed by atoms with E-state index in [2.05, 4.69) is 24.8 Å². The van der Waals surface area contributed by atoms with Crippen molar-refractivity contribution in [3.8, 4) is 0 Å². The summed E-state index contributed by atoms with van der Waals surface area (Å²) in [7, 11) is 1.38. The van der Waals surface area contributed by atoms with E-state index in [9.17, 15) is 9.59 Å². The zero-order valence-electron chi connectivity index (χ0n) is 15.5. The number of fused-ring (bicyclic) bond motifs is 2. The Morgan fingerprint density at radius 1 is 1.30 bits per heavy atom. The zero-order chi connectivity index (χ0) is 19.6. The standard InChI is InChI=1S/C20H21NO4S2/c1-12(2)9-20(21-3)17-13(7-15(26-17)10-25-11-22)5-6-14-8-16(19(23)24-4)27-18(14)20/h7-8,11-12H,5-6,9-10H2,1-2,4H3. The van der Waals surface area contributed by atoms with E-state index in [1.54, 1.807) is 11.3 Å². The molecule has 2 heterocycles. The van der Waals surface area contributed by atoms with E-state index >= 15 is 0 Å². The summed E-state index contributed by atoms with van der Waals surface area (Å²) in [6, 6.07) is 3.95. The summed E-state index contributed by atoms with van der Waals surface area (Å²) in [5, 5.41) is 0. The highest BCUT2D eigenvalue weighted by Gasteiger charge is 2.49. The van der Waals surface area contributed by atoms with Crippen molar-refractivity contribution < 1.29 is 19.1 Å². The van der Waals surface area contributed by atoms with Crippen LogP contribution in [-0.4, -0.2) is 19.6 Å². The third-order valence-corrected chi connectivity index (χ3v) is 7.27. The molecule has 0 saturated heterocycles. The molecule has 1 aliphatic carbocycles. The lowest BCUT2D eigenvalue weighted by Gasteiger charge is -2.23. The van der Waals surface area contributed by atoms with E-state index in [1.165, 1.54) is 18.4 Å². The van der Waals surface area contributed by atoms with Crippen molar-refractivity contribution in [2.24, 2.45) is 5.92 Å². The van der Waals surface area contributed by atoms with Crippen LogP contribution in [0.15, 0.2) is 12.1 Å². The molecule has 27 heavy (non-hydrogen) atoms. The Kier molecular flexibility index (Phi) is 5.68. The quantitative estimate of drug-likeness (QED) is 0.403. The highest BCUT2D eigenvalue weighted by atomic mass is 32.1. The van der Waals surface area contributed by atoms with Crippen LogP contribution in [0.3, 0.4) is 0 Å². The Balaban J connectivity index is 2.19. The van der Waals surface area contributed by atoms with Gasteiger partial charge in [0.25, 0.3) is 6.47 Å². The van der Waals surface area contributed by atoms with Crippen LogP contribution in [0.4, 0.5) is 0 Å². The van der Waals surface area contributed by atoms with Gasteiger partial charge in [0.1, 0.15) is 11.5 Å². The van der Waals surface area contributed by atoms with Crippen LogP contribution in [0.5, 0.6) is 0 Å². The first-order valence-corrected chi connectivity index (χ1v) is 10.4. The number of carbonyl (C=O) groups excluding carboxylic acids is 2. The first-order valence-electron chi connectivity index (χ1n) is 8.72. The maximum Gasteiger partial charge on any atom is 0.348 e. The second-order valence-electron chi connectivity index (χ2n) is 7.00. The molecule has 0 amide bonds. The average Bonchev–Trinajstić information content (AvgIpc) is 3.24. The van der Waals surface area contributed by atoms with E-state index < -0.39 is 5.54 Å². The van der Waals surface area contributed by atoms with Crippen molar-refractivity contribution in [3.63, 3.8) is 0 Å². The van der Waals surface area contributed by atoms with Gasteiger partial charge in [-0.2, -0.15) is 0 Å². The number of hydrogen-bond donors (Lipinski definition) is 0. The summed E-state index contributed by atoms with van der Waals surface area (Å²) in [6.45, 7) is 13.0. The van der Waals surface area contributed by atoms with Gasteiger partial charge in [-0.1, -0.05) is 13.8 Å². The largest absolute Gasteiger partial charge is 0.465 e. The molecule has 2 aromatic heterocycles. The van der Waals surface area contributed by atoms with E-state index in [0.717, 1.165) is 38.6 Å². The van der Waals surface area contributed by atoms with Gasteiger partial charge in [0.15, 0.2) is 0 Å². The minimum atomic E-state index is -0.809. The summed E-state index contributed by atoms with van der Waals surface area (Å²) in [4.78, 5) is 30.3. The van der Waals surface area contributed by atoms with E-state index in [4.69, 9.17) is 16.0 Å². The van der Waals surface area contributed by atoms with Gasteiger partial charge in [-0.05, 0) is 42.0 Å². The van der Waals surface area contributed by atoms with Crippen LogP contribution in [-0.2, 0) is 39.3 Å². The van der Waals surface area contributed by atoms with Gasteiger partial charge in [0, 0.05) is 11.3 Å². The minimum absolute atomic E-state index is 0.224. The molecule has 0 aromatic carbocycles. The Morgan fingerprint density at radius 3 is 2.56 bits per heavy atom. The lowest BCUT2D eigenvalue weighted by molar-refractivity contribution is -0.129. The molecule has 7 heteroatoms. The molecule has 0 saturated carbocycles. The van der Waals surface area contributed by atoms with Crippen LogP contribution in [0.25, 0.3) is 4.85 Å². The predicted octanol–water partition coefficient (Wildman–Crippen LogP) is 4.58. The molecule has 0 fully saturated rings. The second kappa shape index (κ2) is 7.83. The number of nitrogens with zero attached hydrogens (tertiary/aromatic N) is 1. The normalized spacial score (nSPS) is 18.2. The van der Waals surface area contributed by atoms with Crippen LogP contribution >= 0.6 is 22.7 Å². The monoisotopic (exact) mass is 403 g/mol. The van der Waals surface area contributed by atoms with Gasteiger partial charge in [0.05, 0.1) is 16.9 Å². The summed E-state index contributed by atoms with van der Waals surface area (Å²) in [5.41, 5.74) is 1.39. The van der Waals surface area contributed by atoms with Gasteiger partial charge >= 0.3 is 11.5 Å². The summed E-state index contributed by atoms with van der Waals surface area (Å²) >= 11 is 2.92. The Bertz CT molecular complexity index is 906. The van der Waals surface area contributed by atoms with E-state index in [-0.39, 0.29) is 12.6 Å². The molecule has 2 aromatic rings. The Hall–Kier alpha value is -2.17. The number of thiophene rings is 2. The summed E-state index contributed by atoms with van der Waals surface area (Å²) in [6.07, 6.45) is 2.24. The van der Waals surface area contributed by atoms with Crippen LogP contribution in [0, 0.1) is 12.5 Å². The fraction of sp³-hybridized carbons (Fsp3) is 0.450. The molecule has 1 atom stereocenters. The van der Waals surface area contributed by atoms with Crippen molar-refractivity contribution in [1.82, 2.24) is 0 Å². The average molecular weight is 404 g/mol. The van der Waals surface area contributed by atoms with Crippen LogP contribution in [0.1, 0.15) is 55.7 Å². The Labute approximate surface area is 166 Å². The summed E-state index contributed by atoms with van der Waals surface area (Å²) < 4.78 is 9.82. The Morgan fingerprint density at radius 2 is 1.96 bits per heavy atom. The maximum absolute atomic E-state index is 12.1. The minimum Gasteiger partial charge on any atom is -0.465 e. The third-order valence-electron chi connectivity index (χ3n) is 4.66. The highest BCUT2D eigenvalue weighted by molar-refractivity contribution is 7.15. The van der Waals surface area contributed by atoms with Crippen molar-refractivity contribution in [2.45, 2.75) is 45.3 Å². The molecule has 0 N–H and O–H groups in total. The number of carbonyl (C=O) groups is 2. The first-order chi connectivity index (χ1) is 12.9.